The van der Waals surface area contributed by atoms with Gasteiger partial charge >= 0.3 is 0 Å². The van der Waals surface area contributed by atoms with Crippen LogP contribution in [-0.4, -0.2) is 21.9 Å². The number of thioether (sulfide) groups is 1. The quantitative estimate of drug-likeness (QED) is 0.256. The molecule has 0 unspecified atom stereocenters. The first-order chi connectivity index (χ1) is 12.9. The Labute approximate surface area is 176 Å². The molecule has 0 radical (unpaired) electrons. The minimum Gasteiger partial charge on any atom is -0.493 e. The van der Waals surface area contributed by atoms with Crippen LogP contribution in [-0.2, 0) is 6.54 Å². The van der Waals surface area contributed by atoms with Crippen LogP contribution < -0.4 is 10.3 Å². The van der Waals surface area contributed by atoms with Gasteiger partial charge in [-0.15, -0.1) is 0 Å². The summed E-state index contributed by atoms with van der Waals surface area (Å²) < 4.78 is 8.53. The highest BCUT2D eigenvalue weighted by Crippen LogP contribution is 2.22. The third kappa shape index (κ3) is 5.27. The monoisotopic (exact) mass is 466 g/mol. The molecule has 3 aromatic rings. The molecule has 142 valence electrons. The van der Waals surface area contributed by atoms with Gasteiger partial charge in [-0.3, -0.25) is 9.36 Å². The van der Waals surface area contributed by atoms with Crippen LogP contribution in [0, 0.1) is 5.92 Å². The molecule has 7 heteroatoms. The van der Waals surface area contributed by atoms with E-state index in [-0.39, 0.29) is 5.56 Å². The third-order valence-corrected chi connectivity index (χ3v) is 5.53. The molecule has 0 aliphatic rings. The fourth-order valence-electron chi connectivity index (χ4n) is 2.63. The van der Waals surface area contributed by atoms with Crippen LogP contribution in [0.4, 0.5) is 0 Å². The molecule has 27 heavy (non-hydrogen) atoms. The van der Waals surface area contributed by atoms with Gasteiger partial charge in [0.1, 0.15) is 5.75 Å². The van der Waals surface area contributed by atoms with Crippen molar-refractivity contribution in [1.82, 2.24) is 9.55 Å². The van der Waals surface area contributed by atoms with Crippen molar-refractivity contribution in [2.75, 3.05) is 12.4 Å². The Kier molecular flexibility index (Phi) is 6.84. The second kappa shape index (κ2) is 9.13. The summed E-state index contributed by atoms with van der Waals surface area (Å²) in [6.45, 7) is 5.32. The van der Waals surface area contributed by atoms with E-state index in [0.29, 0.717) is 45.9 Å². The number of nitrogens with zero attached hydrogens (tertiary/aromatic N) is 2. The molecule has 4 nitrogen and oxygen atoms in total. The average molecular weight is 468 g/mol. The lowest BCUT2D eigenvalue weighted by Crippen LogP contribution is -2.25. The Morgan fingerprint density at radius 3 is 2.67 bits per heavy atom. The number of aromatic nitrogens is 2. The van der Waals surface area contributed by atoms with E-state index in [1.54, 1.807) is 22.8 Å². The summed E-state index contributed by atoms with van der Waals surface area (Å²) in [6.07, 6.45) is 0. The van der Waals surface area contributed by atoms with E-state index in [2.05, 4.69) is 34.8 Å². The Morgan fingerprint density at radius 1 is 1.22 bits per heavy atom. The molecule has 0 fully saturated rings. The summed E-state index contributed by atoms with van der Waals surface area (Å²) in [6, 6.07) is 12.9. The third-order valence-electron chi connectivity index (χ3n) is 3.83. The normalized spacial score (nSPS) is 11.3. The lowest BCUT2D eigenvalue weighted by molar-refractivity contribution is 0.343. The van der Waals surface area contributed by atoms with Gasteiger partial charge in [-0.05, 0) is 48.4 Å². The van der Waals surface area contributed by atoms with Crippen LogP contribution in [0.5, 0.6) is 5.75 Å². The highest BCUT2D eigenvalue weighted by molar-refractivity contribution is 9.10. The van der Waals surface area contributed by atoms with Crippen molar-refractivity contribution in [3.8, 4) is 5.75 Å². The van der Waals surface area contributed by atoms with Crippen LogP contribution in [0.25, 0.3) is 10.9 Å². The minimum atomic E-state index is -0.0262. The molecular formula is C20H20BrClN2O2S. The number of fused-ring (bicyclic) bond motifs is 1. The molecule has 0 amide bonds. The fourth-order valence-corrected chi connectivity index (χ4v) is 3.89. The van der Waals surface area contributed by atoms with E-state index in [1.807, 2.05) is 24.3 Å². The molecule has 0 atom stereocenters. The molecule has 2 aromatic carbocycles. The molecule has 0 saturated heterocycles. The van der Waals surface area contributed by atoms with E-state index in [0.717, 1.165) is 10.2 Å². The molecule has 0 spiro atoms. The molecule has 1 heterocycles. The van der Waals surface area contributed by atoms with Crippen LogP contribution in [0.3, 0.4) is 0 Å². The maximum Gasteiger partial charge on any atom is 0.262 e. The van der Waals surface area contributed by atoms with Gasteiger partial charge in [-0.25, -0.2) is 4.98 Å². The maximum atomic E-state index is 12.9. The van der Waals surface area contributed by atoms with Gasteiger partial charge in [0, 0.05) is 21.8 Å². The van der Waals surface area contributed by atoms with Crippen LogP contribution in [0.15, 0.2) is 56.9 Å². The van der Waals surface area contributed by atoms with E-state index < -0.39 is 0 Å². The minimum absolute atomic E-state index is 0.0262. The number of ether oxygens (including phenoxy) is 1. The second-order valence-electron chi connectivity index (χ2n) is 6.52. The maximum absolute atomic E-state index is 12.9. The van der Waals surface area contributed by atoms with Crippen molar-refractivity contribution in [3.05, 3.63) is 62.3 Å². The van der Waals surface area contributed by atoms with Crippen molar-refractivity contribution in [2.45, 2.75) is 25.5 Å². The Hall–Kier alpha value is -1.50. The van der Waals surface area contributed by atoms with Crippen molar-refractivity contribution < 1.29 is 4.74 Å². The van der Waals surface area contributed by atoms with E-state index in [9.17, 15) is 4.79 Å². The van der Waals surface area contributed by atoms with E-state index in [1.165, 1.54) is 11.8 Å². The van der Waals surface area contributed by atoms with Crippen LogP contribution in [0.2, 0.25) is 5.02 Å². The van der Waals surface area contributed by atoms with E-state index >= 15 is 0 Å². The topological polar surface area (TPSA) is 44.1 Å². The SMILES string of the molecule is CC(C)Cn1c(SCCOc2ccc(Br)cc2)nc2cc(Cl)ccc2c1=O. The zero-order valence-corrected chi connectivity index (χ0v) is 18.3. The summed E-state index contributed by atoms with van der Waals surface area (Å²) in [5.74, 6) is 1.84. The van der Waals surface area contributed by atoms with Gasteiger partial charge in [-0.1, -0.05) is 53.1 Å². The smallest absolute Gasteiger partial charge is 0.262 e. The standard InChI is InChI=1S/C20H20BrClN2O2S/c1-13(2)12-24-19(25)17-8-5-15(22)11-18(17)23-20(24)27-10-9-26-16-6-3-14(21)4-7-16/h3-8,11,13H,9-10,12H2,1-2H3. The van der Waals surface area contributed by atoms with E-state index in [4.69, 9.17) is 16.3 Å². The first-order valence-corrected chi connectivity index (χ1v) is 10.8. The van der Waals surface area contributed by atoms with Crippen molar-refractivity contribution >= 4 is 50.2 Å². The summed E-state index contributed by atoms with van der Waals surface area (Å²) in [5.41, 5.74) is 0.602. The predicted octanol–water partition coefficient (Wildman–Crippen LogP) is 5.64. The van der Waals surface area contributed by atoms with Crippen LogP contribution >= 0.6 is 39.3 Å². The van der Waals surface area contributed by atoms with Gasteiger partial charge in [0.25, 0.3) is 5.56 Å². The number of halogens is 2. The van der Waals surface area contributed by atoms with Gasteiger partial charge in [-0.2, -0.15) is 0 Å². The Morgan fingerprint density at radius 2 is 1.96 bits per heavy atom. The Bertz CT molecular complexity index is 990. The Balaban J connectivity index is 1.78. The molecule has 0 aliphatic heterocycles. The number of hydrogen-bond acceptors (Lipinski definition) is 4. The average Bonchev–Trinajstić information content (AvgIpc) is 2.62. The number of hydrogen-bond donors (Lipinski definition) is 0. The summed E-state index contributed by atoms with van der Waals surface area (Å²) in [5, 5.41) is 1.86. The first kappa shape index (κ1) is 20.2. The molecule has 0 bridgehead atoms. The number of rotatable bonds is 7. The lowest BCUT2D eigenvalue weighted by atomic mass is 10.2. The zero-order chi connectivity index (χ0) is 19.4. The molecule has 0 saturated carbocycles. The number of benzene rings is 2. The van der Waals surface area contributed by atoms with Gasteiger partial charge < -0.3 is 4.74 Å². The zero-order valence-electron chi connectivity index (χ0n) is 15.1. The van der Waals surface area contributed by atoms with Gasteiger partial charge in [0.05, 0.1) is 17.5 Å². The molecule has 0 N–H and O–H groups in total. The van der Waals surface area contributed by atoms with Crippen molar-refractivity contribution in [2.24, 2.45) is 5.92 Å². The van der Waals surface area contributed by atoms with Gasteiger partial charge in [0.15, 0.2) is 5.16 Å². The summed E-state index contributed by atoms with van der Waals surface area (Å²) >= 11 is 11.0. The highest BCUT2D eigenvalue weighted by Gasteiger charge is 2.13. The second-order valence-corrected chi connectivity index (χ2v) is 8.93. The molecular weight excluding hydrogens is 448 g/mol. The molecule has 0 aliphatic carbocycles. The molecule has 3 rings (SSSR count). The summed E-state index contributed by atoms with van der Waals surface area (Å²) in [4.78, 5) is 17.6. The van der Waals surface area contributed by atoms with Gasteiger partial charge in [0.2, 0.25) is 0 Å². The largest absolute Gasteiger partial charge is 0.493 e. The summed E-state index contributed by atoms with van der Waals surface area (Å²) in [7, 11) is 0. The lowest BCUT2D eigenvalue weighted by Gasteiger charge is -2.15. The fraction of sp³-hybridized carbons (Fsp3) is 0.300. The van der Waals surface area contributed by atoms with Crippen molar-refractivity contribution in [1.29, 1.82) is 0 Å². The molecule has 1 aromatic heterocycles. The van der Waals surface area contributed by atoms with Crippen molar-refractivity contribution in [3.63, 3.8) is 0 Å². The first-order valence-electron chi connectivity index (χ1n) is 8.65. The predicted molar refractivity (Wildman–Crippen MR) is 116 cm³/mol. The highest BCUT2D eigenvalue weighted by atomic mass is 79.9. The van der Waals surface area contributed by atoms with Crippen LogP contribution in [0.1, 0.15) is 13.8 Å².